The molecular formula is C17H22N6O2. The Balaban J connectivity index is 1.46. The molecule has 0 unspecified atom stereocenters. The number of rotatable bonds is 3. The summed E-state index contributed by atoms with van der Waals surface area (Å²) < 4.78 is 0. The topological polar surface area (TPSA) is 107 Å². The highest BCUT2D eigenvalue weighted by atomic mass is 16.2. The van der Waals surface area contributed by atoms with E-state index in [4.69, 9.17) is 0 Å². The number of carbonyl (C=O) groups excluding carboxylic acids is 1. The lowest BCUT2D eigenvalue weighted by atomic mass is 9.95. The van der Waals surface area contributed by atoms with Crippen LogP contribution in [0.25, 0.3) is 0 Å². The highest BCUT2D eigenvalue weighted by molar-refractivity contribution is 5.94. The Morgan fingerprint density at radius 3 is 3.04 bits per heavy atom. The maximum absolute atomic E-state index is 12.7. The number of piperidine rings is 1. The van der Waals surface area contributed by atoms with E-state index in [-0.39, 0.29) is 17.5 Å². The van der Waals surface area contributed by atoms with Crippen molar-refractivity contribution in [2.75, 3.05) is 18.0 Å². The highest BCUT2D eigenvalue weighted by Gasteiger charge is 2.27. The number of fused-ring (bicyclic) bond motifs is 1. The van der Waals surface area contributed by atoms with Crippen LogP contribution in [-0.2, 0) is 12.8 Å². The fraction of sp³-hybridized carbons (Fsp3) is 0.529. The number of hydrogen-bond acceptors (Lipinski definition) is 5. The highest BCUT2D eigenvalue weighted by Crippen LogP contribution is 2.22. The summed E-state index contributed by atoms with van der Waals surface area (Å²) in [5.74, 6) is 0.291. The lowest BCUT2D eigenvalue weighted by Crippen LogP contribution is -2.49. The van der Waals surface area contributed by atoms with E-state index in [1.54, 1.807) is 6.20 Å². The van der Waals surface area contributed by atoms with Gasteiger partial charge in [0, 0.05) is 42.8 Å². The summed E-state index contributed by atoms with van der Waals surface area (Å²) in [5, 5.41) is 10.3. The molecule has 25 heavy (non-hydrogen) atoms. The zero-order valence-corrected chi connectivity index (χ0v) is 14.0. The molecule has 4 rings (SSSR count). The number of hydrogen-bond donors (Lipinski definition) is 3. The minimum absolute atomic E-state index is 0.0152. The molecule has 0 bridgehead atoms. The third-order valence-corrected chi connectivity index (χ3v) is 5.02. The molecule has 1 fully saturated rings. The Labute approximate surface area is 145 Å². The molecule has 0 radical (unpaired) electrons. The van der Waals surface area contributed by atoms with Crippen LogP contribution in [0.3, 0.4) is 0 Å². The van der Waals surface area contributed by atoms with Crippen LogP contribution in [0, 0.1) is 0 Å². The average molecular weight is 342 g/mol. The third kappa shape index (κ3) is 3.16. The lowest BCUT2D eigenvalue weighted by molar-refractivity contribution is 0.0927. The summed E-state index contributed by atoms with van der Waals surface area (Å²) in [6.07, 6.45) is 9.02. The van der Waals surface area contributed by atoms with Crippen molar-refractivity contribution in [3.05, 3.63) is 39.7 Å². The number of aromatic amines is 2. The van der Waals surface area contributed by atoms with Crippen molar-refractivity contribution in [1.29, 1.82) is 0 Å². The second kappa shape index (κ2) is 6.70. The number of H-pyrrole nitrogens is 2. The van der Waals surface area contributed by atoms with Crippen LogP contribution in [0.1, 0.15) is 47.4 Å². The fourth-order valence-electron chi connectivity index (χ4n) is 3.78. The van der Waals surface area contributed by atoms with Crippen molar-refractivity contribution in [3.63, 3.8) is 0 Å². The average Bonchev–Trinajstić information content (AvgIpc) is 3.06. The van der Waals surface area contributed by atoms with Gasteiger partial charge in [0.05, 0.1) is 0 Å². The van der Waals surface area contributed by atoms with Crippen LogP contribution in [-0.4, -0.2) is 45.2 Å². The van der Waals surface area contributed by atoms with E-state index in [0.717, 1.165) is 56.3 Å². The molecule has 2 aliphatic rings. The largest absolute Gasteiger partial charge is 0.350 e. The molecule has 132 valence electrons. The Hall–Kier alpha value is -2.64. The predicted molar refractivity (Wildman–Crippen MR) is 92.8 cm³/mol. The fourth-order valence-corrected chi connectivity index (χ4v) is 3.78. The van der Waals surface area contributed by atoms with Gasteiger partial charge in [-0.1, -0.05) is 0 Å². The van der Waals surface area contributed by atoms with Crippen LogP contribution in [0.2, 0.25) is 0 Å². The molecule has 0 aromatic carbocycles. The number of nitrogens with one attached hydrogen (secondary N) is 3. The van der Waals surface area contributed by atoms with Gasteiger partial charge >= 0.3 is 0 Å². The van der Waals surface area contributed by atoms with E-state index in [1.807, 2.05) is 4.90 Å². The standard InChI is InChI=1S/C17H22N6O2/c24-16(14-12-5-1-2-6-13(12)21-22-14)20-11-4-3-9-23(10-11)15-17(25)19-8-7-18-15/h7-8,11H,1-6,9-10H2,(H,19,25)(H,20,24)(H,21,22)/t11-/m1/s1. The number of aromatic nitrogens is 4. The van der Waals surface area contributed by atoms with Gasteiger partial charge in [0.25, 0.3) is 11.5 Å². The van der Waals surface area contributed by atoms with E-state index in [1.165, 1.54) is 6.20 Å². The van der Waals surface area contributed by atoms with Gasteiger partial charge in [0.1, 0.15) is 0 Å². The van der Waals surface area contributed by atoms with Gasteiger partial charge in [-0.2, -0.15) is 5.10 Å². The summed E-state index contributed by atoms with van der Waals surface area (Å²) in [5.41, 5.74) is 2.50. The maximum Gasteiger partial charge on any atom is 0.290 e. The van der Waals surface area contributed by atoms with Gasteiger partial charge in [0.15, 0.2) is 11.5 Å². The molecule has 1 amide bonds. The van der Waals surface area contributed by atoms with Crippen molar-refractivity contribution >= 4 is 11.7 Å². The number of aryl methyl sites for hydroxylation is 1. The number of anilines is 1. The monoisotopic (exact) mass is 342 g/mol. The molecule has 0 spiro atoms. The van der Waals surface area contributed by atoms with Crippen molar-refractivity contribution in [2.45, 2.75) is 44.6 Å². The molecule has 2 aromatic heterocycles. The van der Waals surface area contributed by atoms with Gasteiger partial charge in [-0.15, -0.1) is 0 Å². The Morgan fingerprint density at radius 1 is 1.28 bits per heavy atom. The summed E-state index contributed by atoms with van der Waals surface area (Å²) in [6, 6.07) is -0.0152. The minimum atomic E-state index is -0.198. The Bertz CT molecular complexity index is 827. The Kier molecular flexibility index (Phi) is 4.25. The predicted octanol–water partition coefficient (Wildman–Crippen LogP) is 0.771. The third-order valence-electron chi connectivity index (χ3n) is 5.02. The summed E-state index contributed by atoms with van der Waals surface area (Å²) >= 11 is 0. The molecule has 1 saturated heterocycles. The normalized spacial score (nSPS) is 20.2. The molecule has 8 heteroatoms. The van der Waals surface area contributed by atoms with Crippen LogP contribution in [0.4, 0.5) is 5.82 Å². The van der Waals surface area contributed by atoms with Gasteiger partial charge in [-0.25, -0.2) is 4.98 Å². The second-order valence-corrected chi connectivity index (χ2v) is 6.74. The molecule has 8 nitrogen and oxygen atoms in total. The minimum Gasteiger partial charge on any atom is -0.350 e. The molecule has 1 aliphatic carbocycles. The van der Waals surface area contributed by atoms with Crippen LogP contribution in [0.5, 0.6) is 0 Å². The van der Waals surface area contributed by atoms with Gasteiger partial charge in [-0.3, -0.25) is 14.7 Å². The summed E-state index contributed by atoms with van der Waals surface area (Å²) in [6.45, 7) is 1.35. The Morgan fingerprint density at radius 2 is 2.16 bits per heavy atom. The molecular weight excluding hydrogens is 320 g/mol. The van der Waals surface area contributed by atoms with Crippen molar-refractivity contribution < 1.29 is 4.79 Å². The first-order valence-electron chi connectivity index (χ1n) is 8.88. The van der Waals surface area contributed by atoms with E-state index in [9.17, 15) is 9.59 Å². The van der Waals surface area contributed by atoms with Gasteiger partial charge in [0.2, 0.25) is 0 Å². The van der Waals surface area contributed by atoms with E-state index >= 15 is 0 Å². The maximum atomic E-state index is 12.7. The number of amides is 1. The van der Waals surface area contributed by atoms with Crippen molar-refractivity contribution in [1.82, 2.24) is 25.5 Å². The van der Waals surface area contributed by atoms with E-state index in [0.29, 0.717) is 18.1 Å². The zero-order valence-electron chi connectivity index (χ0n) is 14.0. The lowest BCUT2D eigenvalue weighted by Gasteiger charge is -2.33. The molecule has 3 heterocycles. The first-order chi connectivity index (χ1) is 12.2. The first kappa shape index (κ1) is 15.9. The molecule has 1 aliphatic heterocycles. The number of nitrogens with zero attached hydrogens (tertiary/aromatic N) is 3. The molecule has 3 N–H and O–H groups in total. The summed E-state index contributed by atoms with van der Waals surface area (Å²) in [7, 11) is 0. The van der Waals surface area contributed by atoms with Crippen LogP contribution >= 0.6 is 0 Å². The SMILES string of the molecule is O=C(N[C@@H]1CCCN(c2ncc[nH]c2=O)C1)c1n[nH]c2c1CCCC2. The zero-order chi connectivity index (χ0) is 17.2. The quantitative estimate of drug-likeness (QED) is 0.764. The van der Waals surface area contributed by atoms with Gasteiger partial charge < -0.3 is 15.2 Å². The smallest absolute Gasteiger partial charge is 0.290 e. The van der Waals surface area contributed by atoms with Crippen molar-refractivity contribution in [2.24, 2.45) is 0 Å². The molecule has 0 saturated carbocycles. The summed E-state index contributed by atoms with van der Waals surface area (Å²) in [4.78, 5) is 33.4. The van der Waals surface area contributed by atoms with E-state index < -0.39 is 0 Å². The number of carbonyl (C=O) groups is 1. The van der Waals surface area contributed by atoms with Crippen LogP contribution < -0.4 is 15.8 Å². The first-order valence-corrected chi connectivity index (χ1v) is 8.88. The van der Waals surface area contributed by atoms with Crippen LogP contribution in [0.15, 0.2) is 17.2 Å². The second-order valence-electron chi connectivity index (χ2n) is 6.74. The molecule has 1 atom stereocenters. The van der Waals surface area contributed by atoms with Gasteiger partial charge in [-0.05, 0) is 38.5 Å². The molecule has 2 aromatic rings. The van der Waals surface area contributed by atoms with E-state index in [2.05, 4.69) is 25.5 Å². The van der Waals surface area contributed by atoms with Crippen molar-refractivity contribution in [3.8, 4) is 0 Å².